The molecule has 17 heavy (non-hydrogen) atoms. The Bertz CT molecular complexity index is 252. The smallest absolute Gasteiger partial charge is 0.0127 e. The number of hydrogen-bond donors (Lipinski definition) is 0. The standard InChI is InChI=1S/C17H30/c1-5-11-17(12-6-2)13-9-16(10-14-17)15(7-3)8-4/h16H,3,5-6,8-14H2,1-2,4H3. The summed E-state index contributed by atoms with van der Waals surface area (Å²) in [6.07, 6.45) is 12.3. The highest BCUT2D eigenvalue weighted by Gasteiger charge is 2.34. The van der Waals surface area contributed by atoms with E-state index in [0.717, 1.165) is 12.3 Å². The van der Waals surface area contributed by atoms with Crippen LogP contribution < -0.4 is 0 Å². The van der Waals surface area contributed by atoms with Crippen LogP contribution in [0, 0.1) is 11.3 Å². The van der Waals surface area contributed by atoms with Gasteiger partial charge in [0.1, 0.15) is 0 Å². The molecule has 0 atom stereocenters. The van der Waals surface area contributed by atoms with Gasteiger partial charge in [-0.05, 0) is 61.9 Å². The molecule has 1 saturated carbocycles. The first kappa shape index (κ1) is 14.6. The van der Waals surface area contributed by atoms with Crippen LogP contribution in [0.1, 0.15) is 78.6 Å². The van der Waals surface area contributed by atoms with E-state index in [1.807, 2.05) is 0 Å². The Labute approximate surface area is 108 Å². The normalized spacial score (nSPS) is 19.9. The average Bonchev–Trinajstić information content (AvgIpc) is 2.34. The van der Waals surface area contributed by atoms with Gasteiger partial charge in [-0.2, -0.15) is 0 Å². The van der Waals surface area contributed by atoms with E-state index in [0.29, 0.717) is 5.41 Å². The molecule has 0 nitrogen and oxygen atoms in total. The van der Waals surface area contributed by atoms with Crippen molar-refractivity contribution in [1.82, 2.24) is 0 Å². The third-order valence-electron chi connectivity index (χ3n) is 4.71. The first-order chi connectivity index (χ1) is 8.21. The summed E-state index contributed by atoms with van der Waals surface area (Å²) in [5.41, 5.74) is 5.34. The largest absolute Gasteiger partial charge is 0.129 e. The van der Waals surface area contributed by atoms with Crippen LogP contribution in [0.4, 0.5) is 0 Å². The molecule has 1 rings (SSSR count). The van der Waals surface area contributed by atoms with Crippen LogP contribution in [0.3, 0.4) is 0 Å². The van der Waals surface area contributed by atoms with Crippen molar-refractivity contribution in [3.05, 3.63) is 17.9 Å². The van der Waals surface area contributed by atoms with Crippen molar-refractivity contribution in [3.8, 4) is 0 Å². The average molecular weight is 234 g/mol. The third-order valence-corrected chi connectivity index (χ3v) is 4.71. The van der Waals surface area contributed by atoms with Gasteiger partial charge in [0.25, 0.3) is 0 Å². The topological polar surface area (TPSA) is 0 Å². The first-order valence-electron chi connectivity index (χ1n) is 7.60. The highest BCUT2D eigenvalue weighted by atomic mass is 14.4. The van der Waals surface area contributed by atoms with Crippen LogP contribution in [-0.4, -0.2) is 0 Å². The minimum atomic E-state index is 0.681. The Morgan fingerprint density at radius 3 is 2.00 bits per heavy atom. The minimum absolute atomic E-state index is 0.681. The van der Waals surface area contributed by atoms with Crippen LogP contribution in [0.2, 0.25) is 0 Å². The molecule has 0 aromatic carbocycles. The molecule has 0 aromatic heterocycles. The highest BCUT2D eigenvalue weighted by Crippen LogP contribution is 2.47. The quantitative estimate of drug-likeness (QED) is 0.503. The predicted molar refractivity (Wildman–Crippen MR) is 77.2 cm³/mol. The molecule has 0 amide bonds. The minimum Gasteiger partial charge on any atom is -0.129 e. The van der Waals surface area contributed by atoms with Crippen molar-refractivity contribution in [2.45, 2.75) is 78.6 Å². The molecule has 1 aliphatic carbocycles. The highest BCUT2D eigenvalue weighted by molar-refractivity contribution is 5.06. The van der Waals surface area contributed by atoms with Crippen molar-refractivity contribution in [3.63, 3.8) is 0 Å². The van der Waals surface area contributed by atoms with Gasteiger partial charge in [0.15, 0.2) is 0 Å². The van der Waals surface area contributed by atoms with Crippen molar-refractivity contribution in [2.24, 2.45) is 11.3 Å². The summed E-state index contributed by atoms with van der Waals surface area (Å²) in [6, 6.07) is 0. The van der Waals surface area contributed by atoms with Gasteiger partial charge in [-0.25, -0.2) is 0 Å². The van der Waals surface area contributed by atoms with Gasteiger partial charge in [0.05, 0.1) is 0 Å². The molecular weight excluding hydrogens is 204 g/mol. The van der Waals surface area contributed by atoms with E-state index in [1.165, 1.54) is 56.9 Å². The van der Waals surface area contributed by atoms with Gasteiger partial charge in [-0.3, -0.25) is 0 Å². The van der Waals surface area contributed by atoms with E-state index >= 15 is 0 Å². The summed E-state index contributed by atoms with van der Waals surface area (Å²) in [5, 5.41) is 0. The molecule has 1 aliphatic rings. The summed E-state index contributed by atoms with van der Waals surface area (Å²) in [5.74, 6) is 0.791. The molecule has 0 aromatic rings. The Morgan fingerprint density at radius 2 is 1.65 bits per heavy atom. The Hall–Kier alpha value is -0.480. The maximum Gasteiger partial charge on any atom is -0.0127 e. The fourth-order valence-corrected chi connectivity index (χ4v) is 3.82. The lowest BCUT2D eigenvalue weighted by atomic mass is 9.64. The molecule has 0 unspecified atom stereocenters. The second kappa shape index (κ2) is 7.07. The van der Waals surface area contributed by atoms with E-state index in [4.69, 9.17) is 0 Å². The van der Waals surface area contributed by atoms with E-state index < -0.39 is 0 Å². The van der Waals surface area contributed by atoms with Crippen LogP contribution in [0.15, 0.2) is 17.9 Å². The lowest BCUT2D eigenvalue weighted by molar-refractivity contribution is 0.131. The lowest BCUT2D eigenvalue weighted by Crippen LogP contribution is -2.28. The van der Waals surface area contributed by atoms with Crippen LogP contribution in [0.5, 0.6) is 0 Å². The summed E-state index contributed by atoms with van der Waals surface area (Å²) < 4.78 is 0. The van der Waals surface area contributed by atoms with Crippen molar-refractivity contribution < 1.29 is 0 Å². The summed E-state index contributed by atoms with van der Waals surface area (Å²) in [4.78, 5) is 0. The van der Waals surface area contributed by atoms with Gasteiger partial charge in [-0.1, -0.05) is 40.2 Å². The SMILES string of the molecule is C=C=C(CC)C1CCC(CCC)(CCC)CC1. The molecule has 0 spiro atoms. The molecule has 98 valence electrons. The van der Waals surface area contributed by atoms with Crippen molar-refractivity contribution in [2.75, 3.05) is 0 Å². The molecule has 0 aliphatic heterocycles. The van der Waals surface area contributed by atoms with Crippen LogP contribution in [0.25, 0.3) is 0 Å². The van der Waals surface area contributed by atoms with Gasteiger partial charge in [0, 0.05) is 0 Å². The van der Waals surface area contributed by atoms with E-state index in [1.54, 1.807) is 0 Å². The van der Waals surface area contributed by atoms with E-state index in [2.05, 4.69) is 33.1 Å². The first-order valence-corrected chi connectivity index (χ1v) is 7.60. The van der Waals surface area contributed by atoms with Gasteiger partial charge in [0.2, 0.25) is 0 Å². The third kappa shape index (κ3) is 3.75. The van der Waals surface area contributed by atoms with Gasteiger partial charge in [-0.15, -0.1) is 5.73 Å². The van der Waals surface area contributed by atoms with Crippen LogP contribution >= 0.6 is 0 Å². The maximum atomic E-state index is 3.85. The molecule has 1 fully saturated rings. The molecule has 0 radical (unpaired) electrons. The van der Waals surface area contributed by atoms with Crippen LogP contribution in [-0.2, 0) is 0 Å². The zero-order valence-electron chi connectivity index (χ0n) is 12.1. The summed E-state index contributed by atoms with van der Waals surface area (Å²) >= 11 is 0. The number of rotatable bonds is 6. The Kier molecular flexibility index (Phi) is 6.06. The molecule has 0 saturated heterocycles. The Balaban J connectivity index is 2.60. The second-order valence-corrected chi connectivity index (χ2v) is 5.83. The number of allylic oxidation sites excluding steroid dienone is 1. The molecule has 0 heteroatoms. The van der Waals surface area contributed by atoms with E-state index in [9.17, 15) is 0 Å². The molecular formula is C17H30. The predicted octanol–water partition coefficient (Wildman–Crippen LogP) is 5.88. The zero-order chi connectivity index (χ0) is 12.7. The Morgan fingerprint density at radius 1 is 1.12 bits per heavy atom. The molecule has 0 heterocycles. The lowest BCUT2D eigenvalue weighted by Gasteiger charge is -2.41. The van der Waals surface area contributed by atoms with Crippen molar-refractivity contribution >= 4 is 0 Å². The number of hydrogen-bond acceptors (Lipinski definition) is 0. The van der Waals surface area contributed by atoms with Gasteiger partial charge < -0.3 is 0 Å². The summed E-state index contributed by atoms with van der Waals surface area (Å²) in [7, 11) is 0. The van der Waals surface area contributed by atoms with E-state index in [-0.39, 0.29) is 0 Å². The monoisotopic (exact) mass is 234 g/mol. The van der Waals surface area contributed by atoms with Gasteiger partial charge >= 0.3 is 0 Å². The maximum absolute atomic E-state index is 3.85. The zero-order valence-corrected chi connectivity index (χ0v) is 12.1. The fourth-order valence-electron chi connectivity index (χ4n) is 3.82. The second-order valence-electron chi connectivity index (χ2n) is 5.83. The molecule has 0 N–H and O–H groups in total. The van der Waals surface area contributed by atoms with Crippen molar-refractivity contribution in [1.29, 1.82) is 0 Å². The molecule has 0 bridgehead atoms. The summed E-state index contributed by atoms with van der Waals surface area (Å²) in [6.45, 7) is 10.8. The fraction of sp³-hybridized carbons (Fsp3) is 0.824.